The molecule has 0 aliphatic heterocycles. The molecule has 1 aliphatic rings. The molecule has 1 aromatic rings. The van der Waals surface area contributed by atoms with Crippen LogP contribution in [0.15, 0.2) is 0 Å². The van der Waals surface area contributed by atoms with Crippen LogP contribution in [-0.2, 0) is 6.42 Å². The number of hydrogen-bond donors (Lipinski definition) is 2. The van der Waals surface area contributed by atoms with Crippen LogP contribution in [-0.4, -0.2) is 16.7 Å². The second-order valence-corrected chi connectivity index (χ2v) is 4.82. The zero-order valence-electron chi connectivity index (χ0n) is 9.71. The Morgan fingerprint density at radius 2 is 2.20 bits per heavy atom. The van der Waals surface area contributed by atoms with Gasteiger partial charge >= 0.3 is 0 Å². The fourth-order valence-corrected chi connectivity index (χ4v) is 2.31. The molecule has 0 amide bonds. The first-order valence-corrected chi connectivity index (χ1v) is 6.01. The Hall–Kier alpha value is -0.830. The van der Waals surface area contributed by atoms with Gasteiger partial charge in [-0.05, 0) is 37.3 Å². The molecule has 0 unspecified atom stereocenters. The zero-order valence-corrected chi connectivity index (χ0v) is 9.71. The maximum atomic E-state index is 5.68. The van der Waals surface area contributed by atoms with Crippen LogP contribution in [0.4, 0.5) is 0 Å². The Kier molecular flexibility index (Phi) is 3.10. The van der Waals surface area contributed by atoms with Gasteiger partial charge in [-0.25, -0.2) is 0 Å². The number of nitrogens with two attached hydrogens (primary N) is 1. The van der Waals surface area contributed by atoms with Gasteiger partial charge in [0.2, 0.25) is 0 Å². The third-order valence-electron chi connectivity index (χ3n) is 3.39. The topological polar surface area (TPSA) is 54.7 Å². The summed E-state index contributed by atoms with van der Waals surface area (Å²) in [4.78, 5) is 0. The monoisotopic (exact) mass is 207 g/mol. The summed E-state index contributed by atoms with van der Waals surface area (Å²) in [7, 11) is 0. The maximum Gasteiger partial charge on any atom is 0.0682 e. The molecule has 1 aromatic heterocycles. The van der Waals surface area contributed by atoms with Crippen LogP contribution in [0.2, 0.25) is 0 Å². The number of H-pyrrole nitrogens is 1. The SMILES string of the molecule is CC(C)c1n[nH]c(C2CCC2)c1CCN. The minimum atomic E-state index is 0.497. The largest absolute Gasteiger partial charge is 0.330 e. The van der Waals surface area contributed by atoms with Gasteiger partial charge in [0.15, 0.2) is 0 Å². The van der Waals surface area contributed by atoms with Gasteiger partial charge in [0.05, 0.1) is 5.69 Å². The summed E-state index contributed by atoms with van der Waals surface area (Å²) in [6, 6.07) is 0. The Morgan fingerprint density at radius 1 is 1.47 bits per heavy atom. The lowest BCUT2D eigenvalue weighted by molar-refractivity contribution is 0.408. The number of nitrogens with one attached hydrogen (secondary N) is 1. The average Bonchev–Trinajstić information content (AvgIpc) is 2.47. The van der Waals surface area contributed by atoms with Crippen molar-refractivity contribution in [3.05, 3.63) is 17.0 Å². The van der Waals surface area contributed by atoms with Crippen LogP contribution in [0.5, 0.6) is 0 Å². The second-order valence-electron chi connectivity index (χ2n) is 4.82. The highest BCUT2D eigenvalue weighted by atomic mass is 15.1. The van der Waals surface area contributed by atoms with Gasteiger partial charge in [-0.1, -0.05) is 20.3 Å². The van der Waals surface area contributed by atoms with Crippen LogP contribution in [0.25, 0.3) is 0 Å². The normalized spacial score (nSPS) is 17.1. The van der Waals surface area contributed by atoms with Crippen LogP contribution >= 0.6 is 0 Å². The van der Waals surface area contributed by atoms with E-state index in [1.807, 2.05) is 0 Å². The van der Waals surface area contributed by atoms with E-state index in [0.717, 1.165) is 18.9 Å². The molecule has 84 valence electrons. The predicted molar refractivity (Wildman–Crippen MR) is 62.0 cm³/mol. The predicted octanol–water partition coefficient (Wildman–Crippen LogP) is 2.30. The number of aromatic amines is 1. The Labute approximate surface area is 91.4 Å². The molecule has 0 bridgehead atoms. The molecule has 0 aromatic carbocycles. The van der Waals surface area contributed by atoms with Gasteiger partial charge in [0.25, 0.3) is 0 Å². The van der Waals surface area contributed by atoms with Crippen molar-refractivity contribution in [3.8, 4) is 0 Å². The van der Waals surface area contributed by atoms with E-state index in [-0.39, 0.29) is 0 Å². The van der Waals surface area contributed by atoms with Gasteiger partial charge in [-0.2, -0.15) is 5.10 Å². The molecule has 1 fully saturated rings. The van der Waals surface area contributed by atoms with Crippen LogP contribution < -0.4 is 5.73 Å². The van der Waals surface area contributed by atoms with Crippen molar-refractivity contribution in [2.24, 2.45) is 5.73 Å². The molecule has 3 nitrogen and oxygen atoms in total. The molecule has 0 spiro atoms. The summed E-state index contributed by atoms with van der Waals surface area (Å²) in [5, 5.41) is 7.69. The van der Waals surface area contributed by atoms with Gasteiger partial charge < -0.3 is 5.73 Å². The number of aromatic nitrogens is 2. The first kappa shape index (κ1) is 10.7. The Bertz CT molecular complexity index is 324. The fourth-order valence-electron chi connectivity index (χ4n) is 2.31. The average molecular weight is 207 g/mol. The standard InChI is InChI=1S/C12H21N3/c1-8(2)11-10(6-7-13)12(15-14-11)9-4-3-5-9/h8-9H,3-7,13H2,1-2H3,(H,14,15). The molecular weight excluding hydrogens is 186 g/mol. The van der Waals surface area contributed by atoms with Gasteiger partial charge in [0, 0.05) is 11.6 Å². The number of rotatable bonds is 4. The van der Waals surface area contributed by atoms with Crippen molar-refractivity contribution in [1.82, 2.24) is 10.2 Å². The van der Waals surface area contributed by atoms with Crippen LogP contribution in [0.3, 0.4) is 0 Å². The highest BCUT2D eigenvalue weighted by molar-refractivity contribution is 5.31. The summed E-state index contributed by atoms with van der Waals surface area (Å²) in [5.74, 6) is 1.23. The molecule has 15 heavy (non-hydrogen) atoms. The molecule has 1 heterocycles. The number of nitrogens with zero attached hydrogens (tertiary/aromatic N) is 1. The number of hydrogen-bond acceptors (Lipinski definition) is 2. The summed E-state index contributed by atoms with van der Waals surface area (Å²) in [5.41, 5.74) is 9.67. The summed E-state index contributed by atoms with van der Waals surface area (Å²) < 4.78 is 0. The quantitative estimate of drug-likeness (QED) is 0.796. The summed E-state index contributed by atoms with van der Waals surface area (Å²) in [6.07, 6.45) is 4.97. The van der Waals surface area contributed by atoms with Crippen molar-refractivity contribution in [3.63, 3.8) is 0 Å². The molecule has 3 heteroatoms. The molecular formula is C12H21N3. The first-order chi connectivity index (χ1) is 7.24. The van der Waals surface area contributed by atoms with Crippen molar-refractivity contribution >= 4 is 0 Å². The molecule has 1 saturated carbocycles. The summed E-state index contributed by atoms with van der Waals surface area (Å²) in [6.45, 7) is 5.11. The van der Waals surface area contributed by atoms with Crippen LogP contribution in [0.1, 0.15) is 61.9 Å². The lowest BCUT2D eigenvalue weighted by atomic mass is 9.80. The van der Waals surface area contributed by atoms with Crippen molar-refractivity contribution in [2.45, 2.75) is 51.4 Å². The lowest BCUT2D eigenvalue weighted by Gasteiger charge is -2.25. The van der Waals surface area contributed by atoms with E-state index < -0.39 is 0 Å². The minimum Gasteiger partial charge on any atom is -0.330 e. The Morgan fingerprint density at radius 3 is 2.67 bits per heavy atom. The third-order valence-corrected chi connectivity index (χ3v) is 3.39. The van der Waals surface area contributed by atoms with E-state index in [9.17, 15) is 0 Å². The molecule has 3 N–H and O–H groups in total. The second kappa shape index (κ2) is 4.35. The van der Waals surface area contributed by atoms with E-state index in [1.54, 1.807) is 0 Å². The molecule has 2 rings (SSSR count). The van der Waals surface area contributed by atoms with E-state index in [4.69, 9.17) is 5.73 Å². The first-order valence-electron chi connectivity index (χ1n) is 6.01. The highest BCUT2D eigenvalue weighted by Gasteiger charge is 2.26. The minimum absolute atomic E-state index is 0.497. The third kappa shape index (κ3) is 1.93. The van der Waals surface area contributed by atoms with Gasteiger partial charge in [-0.3, -0.25) is 5.10 Å². The fraction of sp³-hybridized carbons (Fsp3) is 0.750. The van der Waals surface area contributed by atoms with Crippen LogP contribution in [0, 0.1) is 0 Å². The van der Waals surface area contributed by atoms with Gasteiger partial charge in [-0.15, -0.1) is 0 Å². The summed E-state index contributed by atoms with van der Waals surface area (Å²) >= 11 is 0. The van der Waals surface area contributed by atoms with E-state index >= 15 is 0 Å². The van der Waals surface area contributed by atoms with Crippen molar-refractivity contribution in [1.29, 1.82) is 0 Å². The lowest BCUT2D eigenvalue weighted by Crippen LogP contribution is -2.14. The van der Waals surface area contributed by atoms with E-state index in [0.29, 0.717) is 5.92 Å². The van der Waals surface area contributed by atoms with E-state index in [1.165, 1.54) is 36.2 Å². The van der Waals surface area contributed by atoms with Crippen molar-refractivity contribution in [2.75, 3.05) is 6.54 Å². The maximum absolute atomic E-state index is 5.68. The van der Waals surface area contributed by atoms with Gasteiger partial charge in [0.1, 0.15) is 0 Å². The highest BCUT2D eigenvalue weighted by Crippen LogP contribution is 2.38. The van der Waals surface area contributed by atoms with Crippen molar-refractivity contribution < 1.29 is 0 Å². The zero-order chi connectivity index (χ0) is 10.8. The smallest absolute Gasteiger partial charge is 0.0682 e. The molecule has 0 radical (unpaired) electrons. The molecule has 0 atom stereocenters. The Balaban J connectivity index is 2.28. The molecule has 1 aliphatic carbocycles. The molecule has 0 saturated heterocycles. The van der Waals surface area contributed by atoms with E-state index in [2.05, 4.69) is 24.0 Å².